The number of nitrogens with one attached hydrogen (secondary N) is 2. The maximum absolute atomic E-state index is 14.5. The summed E-state index contributed by atoms with van der Waals surface area (Å²) in [6, 6.07) is 7.08. The van der Waals surface area contributed by atoms with Gasteiger partial charge in [0, 0.05) is 24.2 Å². The second-order valence-corrected chi connectivity index (χ2v) is 9.90. The van der Waals surface area contributed by atoms with Crippen molar-refractivity contribution in [3.05, 3.63) is 63.1 Å². The van der Waals surface area contributed by atoms with E-state index in [0.717, 1.165) is 5.56 Å². The van der Waals surface area contributed by atoms with Crippen LogP contribution in [0.15, 0.2) is 30.3 Å². The Morgan fingerprint density at radius 1 is 1.10 bits per heavy atom. The Bertz CT molecular complexity index is 1010. The molecule has 3 atom stereocenters. The quantitative estimate of drug-likeness (QED) is 0.635. The summed E-state index contributed by atoms with van der Waals surface area (Å²) in [5.74, 6) is -1.64. The molecule has 0 radical (unpaired) electrons. The van der Waals surface area contributed by atoms with Crippen molar-refractivity contribution in [1.82, 2.24) is 5.32 Å². The summed E-state index contributed by atoms with van der Waals surface area (Å²) in [6.45, 7) is 6.78. The third-order valence-electron chi connectivity index (χ3n) is 5.96. The van der Waals surface area contributed by atoms with Crippen LogP contribution in [0.4, 0.5) is 14.5 Å². The van der Waals surface area contributed by atoms with Crippen LogP contribution in [-0.2, 0) is 10.2 Å². The summed E-state index contributed by atoms with van der Waals surface area (Å²) in [6.07, 6.45) is 0.690. The van der Waals surface area contributed by atoms with Gasteiger partial charge in [-0.3, -0.25) is 4.79 Å². The Labute approximate surface area is 178 Å². The number of rotatable bonds is 2. The highest BCUT2D eigenvalue weighted by Gasteiger charge is 2.61. The first-order valence-electron chi connectivity index (χ1n) is 9.53. The van der Waals surface area contributed by atoms with Crippen molar-refractivity contribution in [2.24, 2.45) is 5.41 Å². The lowest BCUT2D eigenvalue weighted by Crippen LogP contribution is -2.49. The van der Waals surface area contributed by atoms with E-state index in [1.807, 2.05) is 0 Å². The van der Waals surface area contributed by atoms with E-state index < -0.39 is 17.0 Å². The lowest BCUT2D eigenvalue weighted by Gasteiger charge is -2.37. The van der Waals surface area contributed by atoms with E-state index in [4.69, 9.17) is 23.2 Å². The first kappa shape index (κ1) is 20.6. The number of halogens is 4. The molecule has 2 aliphatic rings. The monoisotopic (exact) mass is 438 g/mol. The Kier molecular flexibility index (Phi) is 4.92. The Hall–Kier alpha value is -1.69. The minimum atomic E-state index is -1.05. The second kappa shape index (κ2) is 6.93. The first-order valence-corrected chi connectivity index (χ1v) is 10.3. The molecule has 3 nitrogen and oxygen atoms in total. The van der Waals surface area contributed by atoms with Crippen molar-refractivity contribution >= 4 is 34.8 Å². The first-order chi connectivity index (χ1) is 13.5. The van der Waals surface area contributed by atoms with Gasteiger partial charge in [0.1, 0.15) is 11.6 Å². The van der Waals surface area contributed by atoms with Gasteiger partial charge < -0.3 is 10.6 Å². The second-order valence-electron chi connectivity index (χ2n) is 9.09. The van der Waals surface area contributed by atoms with E-state index in [9.17, 15) is 13.6 Å². The topological polar surface area (TPSA) is 41.1 Å². The Balaban J connectivity index is 1.94. The number of amides is 1. The predicted octanol–water partition coefficient (Wildman–Crippen LogP) is 5.65. The van der Waals surface area contributed by atoms with E-state index >= 15 is 0 Å². The molecule has 2 aromatic carbocycles. The molecule has 0 aliphatic carbocycles. The lowest BCUT2D eigenvalue weighted by atomic mass is 9.64. The SMILES string of the molecule is CC(C)(C)C[C@H]1NC[C@H](c2ccc(F)c(Cl)c2)[C@@]12C(=O)Nc1cc(Cl)c(F)cc12. The summed E-state index contributed by atoms with van der Waals surface area (Å²) in [5, 5.41) is 6.34. The van der Waals surface area contributed by atoms with Crippen LogP contribution < -0.4 is 10.6 Å². The van der Waals surface area contributed by atoms with Gasteiger partial charge >= 0.3 is 0 Å². The van der Waals surface area contributed by atoms with Gasteiger partial charge in [0.15, 0.2) is 0 Å². The molecule has 0 bridgehead atoms. The molecule has 1 amide bonds. The van der Waals surface area contributed by atoms with Crippen LogP contribution in [-0.4, -0.2) is 18.5 Å². The lowest BCUT2D eigenvalue weighted by molar-refractivity contribution is -0.121. The average molecular weight is 439 g/mol. The Morgan fingerprint density at radius 2 is 1.79 bits per heavy atom. The van der Waals surface area contributed by atoms with Crippen molar-refractivity contribution < 1.29 is 13.6 Å². The number of carbonyl (C=O) groups excluding carboxylic acids is 1. The molecule has 0 aromatic heterocycles. The Morgan fingerprint density at radius 3 is 2.45 bits per heavy atom. The zero-order chi connectivity index (χ0) is 21.1. The van der Waals surface area contributed by atoms with Crippen LogP contribution in [0.1, 0.15) is 44.2 Å². The highest BCUT2D eigenvalue weighted by molar-refractivity contribution is 6.31. The van der Waals surface area contributed by atoms with Crippen molar-refractivity contribution in [2.45, 2.75) is 44.6 Å². The van der Waals surface area contributed by atoms with Crippen LogP contribution in [0, 0.1) is 17.0 Å². The maximum Gasteiger partial charge on any atom is 0.237 e. The standard InChI is InChI=1S/C22H22Cl2F2N2O/c1-21(2,3)9-19-22(12-7-17(26)15(24)8-18(12)28-20(22)29)13(10-27-19)11-4-5-16(25)14(23)6-11/h4-8,13,19,27H,9-10H2,1-3H3,(H,28,29)/t13-,19-,22-/m1/s1. The fourth-order valence-electron chi connectivity index (χ4n) is 4.81. The molecule has 0 saturated carbocycles. The smallest absolute Gasteiger partial charge is 0.237 e. The molecule has 1 spiro atoms. The van der Waals surface area contributed by atoms with Gasteiger partial charge in [0.05, 0.1) is 15.5 Å². The fraction of sp³-hybridized carbons (Fsp3) is 0.409. The molecule has 2 N–H and O–H groups in total. The number of anilines is 1. The molecule has 7 heteroatoms. The van der Waals surface area contributed by atoms with Gasteiger partial charge in [-0.15, -0.1) is 0 Å². The van der Waals surface area contributed by atoms with Gasteiger partial charge in [-0.1, -0.05) is 50.0 Å². The van der Waals surface area contributed by atoms with E-state index in [-0.39, 0.29) is 33.3 Å². The van der Waals surface area contributed by atoms with Crippen LogP contribution >= 0.6 is 23.2 Å². The fourth-order valence-corrected chi connectivity index (χ4v) is 5.17. The van der Waals surface area contributed by atoms with Gasteiger partial charge in [-0.05, 0) is 47.2 Å². The van der Waals surface area contributed by atoms with Gasteiger partial charge in [0.25, 0.3) is 0 Å². The largest absolute Gasteiger partial charge is 0.325 e. The molecular formula is C22H22Cl2F2N2O. The number of fused-ring (bicyclic) bond motifs is 2. The number of benzene rings is 2. The van der Waals surface area contributed by atoms with Crippen molar-refractivity contribution in [1.29, 1.82) is 0 Å². The molecule has 1 fully saturated rings. The van der Waals surface area contributed by atoms with E-state index in [1.54, 1.807) is 12.1 Å². The van der Waals surface area contributed by atoms with Crippen LogP contribution in [0.5, 0.6) is 0 Å². The number of hydrogen-bond acceptors (Lipinski definition) is 2. The molecule has 29 heavy (non-hydrogen) atoms. The average Bonchev–Trinajstić information content (AvgIpc) is 3.10. The molecule has 1 saturated heterocycles. The number of carbonyl (C=O) groups is 1. The van der Waals surface area contributed by atoms with Gasteiger partial charge in [-0.2, -0.15) is 0 Å². The molecule has 2 aliphatic heterocycles. The third kappa shape index (κ3) is 3.24. The van der Waals surface area contributed by atoms with Gasteiger partial charge in [0.2, 0.25) is 5.91 Å². The summed E-state index contributed by atoms with van der Waals surface area (Å²) < 4.78 is 28.3. The zero-order valence-corrected chi connectivity index (χ0v) is 17.9. The minimum Gasteiger partial charge on any atom is -0.325 e. The molecule has 0 unspecified atom stereocenters. The third-order valence-corrected chi connectivity index (χ3v) is 6.54. The highest BCUT2D eigenvalue weighted by Crippen LogP contribution is 2.55. The van der Waals surface area contributed by atoms with Crippen molar-refractivity contribution in [2.75, 3.05) is 11.9 Å². The van der Waals surface area contributed by atoms with Crippen LogP contribution in [0.2, 0.25) is 10.0 Å². The number of hydrogen-bond donors (Lipinski definition) is 2. The van der Waals surface area contributed by atoms with Crippen LogP contribution in [0.3, 0.4) is 0 Å². The molecule has 2 aromatic rings. The zero-order valence-electron chi connectivity index (χ0n) is 16.4. The maximum atomic E-state index is 14.5. The van der Waals surface area contributed by atoms with Gasteiger partial charge in [-0.25, -0.2) is 8.78 Å². The molecule has 154 valence electrons. The summed E-state index contributed by atoms with van der Waals surface area (Å²) >= 11 is 12.0. The summed E-state index contributed by atoms with van der Waals surface area (Å²) in [5.41, 5.74) is 0.707. The van der Waals surface area contributed by atoms with Crippen LogP contribution in [0.25, 0.3) is 0 Å². The molecule has 2 heterocycles. The molecular weight excluding hydrogens is 417 g/mol. The van der Waals surface area contributed by atoms with E-state index in [0.29, 0.717) is 24.2 Å². The van der Waals surface area contributed by atoms with Crippen molar-refractivity contribution in [3.63, 3.8) is 0 Å². The highest BCUT2D eigenvalue weighted by atomic mass is 35.5. The van der Waals surface area contributed by atoms with Crippen molar-refractivity contribution in [3.8, 4) is 0 Å². The molecule has 4 rings (SSSR count). The predicted molar refractivity (Wildman–Crippen MR) is 112 cm³/mol. The summed E-state index contributed by atoms with van der Waals surface area (Å²) in [4.78, 5) is 13.5. The normalized spacial score (nSPS) is 26.1. The van der Waals surface area contributed by atoms with E-state index in [1.165, 1.54) is 18.2 Å². The van der Waals surface area contributed by atoms with E-state index in [2.05, 4.69) is 31.4 Å². The summed E-state index contributed by atoms with van der Waals surface area (Å²) in [7, 11) is 0. The minimum absolute atomic E-state index is 0.00200.